The number of nitrogens with one attached hydrogen (secondary N) is 1. The van der Waals surface area contributed by atoms with Crippen LogP contribution >= 0.6 is 0 Å². The van der Waals surface area contributed by atoms with E-state index in [-0.39, 0.29) is 11.6 Å². The molecule has 0 aliphatic carbocycles. The van der Waals surface area contributed by atoms with Gasteiger partial charge in [0, 0.05) is 24.9 Å². The van der Waals surface area contributed by atoms with Gasteiger partial charge in [-0.05, 0) is 42.5 Å². The predicted molar refractivity (Wildman–Crippen MR) is 133 cm³/mol. The predicted octanol–water partition coefficient (Wildman–Crippen LogP) is 3.95. The van der Waals surface area contributed by atoms with Crippen LogP contribution in [0.15, 0.2) is 18.5 Å². The van der Waals surface area contributed by atoms with Crippen molar-refractivity contribution in [2.45, 2.75) is 90.7 Å². The molecule has 2 rings (SSSR count). The molecule has 9 nitrogen and oxygen atoms in total. The van der Waals surface area contributed by atoms with E-state index in [1.807, 2.05) is 27.7 Å². The molecule has 1 aromatic rings. The minimum Gasteiger partial charge on any atom is -0.465 e. The zero-order chi connectivity index (χ0) is 26.2. The molecule has 3 N–H and O–H groups in total. The van der Waals surface area contributed by atoms with Crippen LogP contribution in [0, 0.1) is 11.3 Å². The highest BCUT2D eigenvalue weighted by Crippen LogP contribution is 2.47. The van der Waals surface area contributed by atoms with Crippen molar-refractivity contribution >= 4 is 20.3 Å². The molecule has 10 heteroatoms. The van der Waals surface area contributed by atoms with Crippen molar-refractivity contribution < 1.29 is 24.2 Å². The third-order valence-corrected chi connectivity index (χ3v) is 12.1. The lowest BCUT2D eigenvalue weighted by Crippen LogP contribution is -2.68. The fourth-order valence-corrected chi connectivity index (χ4v) is 6.15. The number of aromatic nitrogens is 2. The highest BCUT2D eigenvalue weighted by atomic mass is 28.4. The van der Waals surface area contributed by atoms with Crippen molar-refractivity contribution in [1.29, 1.82) is 0 Å². The third kappa shape index (κ3) is 4.99. The summed E-state index contributed by atoms with van der Waals surface area (Å²) in [4.78, 5) is 36.3. The number of carbonyl (C=O) groups is 2. The summed E-state index contributed by atoms with van der Waals surface area (Å²) in [6.07, 6.45) is 2.73. The molecular formula is C24H42N4O5Si. The summed E-state index contributed by atoms with van der Waals surface area (Å²) < 4.78 is 6.80. The van der Waals surface area contributed by atoms with Crippen LogP contribution in [-0.2, 0) is 14.9 Å². The Bertz CT molecular complexity index is 884. The third-order valence-electron chi connectivity index (χ3n) is 7.59. The first-order chi connectivity index (χ1) is 15.5. The summed E-state index contributed by atoms with van der Waals surface area (Å²) >= 11 is 0. The van der Waals surface area contributed by atoms with Gasteiger partial charge in [0.15, 0.2) is 25.4 Å². The first kappa shape index (κ1) is 28.2. The van der Waals surface area contributed by atoms with Gasteiger partial charge in [-0.1, -0.05) is 48.5 Å². The number of amides is 2. The van der Waals surface area contributed by atoms with Crippen molar-refractivity contribution in [3.63, 3.8) is 0 Å². The Kier molecular flexibility index (Phi) is 7.91. The number of carboxylic acid groups (broad SMARTS) is 1. The molecule has 0 aromatic carbocycles. The summed E-state index contributed by atoms with van der Waals surface area (Å²) in [5.41, 5.74) is -3.46. The van der Waals surface area contributed by atoms with E-state index in [4.69, 9.17) is 4.43 Å². The van der Waals surface area contributed by atoms with E-state index in [1.165, 1.54) is 0 Å². The average molecular weight is 495 g/mol. The lowest BCUT2D eigenvalue weighted by Gasteiger charge is -2.48. The van der Waals surface area contributed by atoms with Crippen LogP contribution in [-0.4, -0.2) is 64.1 Å². The minimum atomic E-state index is -2.46. The lowest BCUT2D eigenvalue weighted by atomic mass is 9.68. The highest BCUT2D eigenvalue weighted by Gasteiger charge is 2.61. The number of aliphatic hydroxyl groups excluding tert-OH is 1. The van der Waals surface area contributed by atoms with Crippen LogP contribution in [0.4, 0.5) is 4.79 Å². The first-order valence-corrected chi connectivity index (χ1v) is 14.8. The monoisotopic (exact) mass is 494 g/mol. The summed E-state index contributed by atoms with van der Waals surface area (Å²) in [6.45, 7) is 17.7. The summed E-state index contributed by atoms with van der Waals surface area (Å²) in [6, 6.07) is 1.69. The van der Waals surface area contributed by atoms with E-state index >= 15 is 0 Å². The SMILES string of the molecule is CCC(NC(=O)C1(CO)C(C(C)(C)C)CCN1C(=O)O)(O[Si](C)(C)C(C)(C)C)c1ncccn1. The van der Waals surface area contributed by atoms with Crippen molar-refractivity contribution in [1.82, 2.24) is 20.2 Å². The molecule has 1 aliphatic heterocycles. The van der Waals surface area contributed by atoms with E-state index in [2.05, 4.69) is 49.1 Å². The van der Waals surface area contributed by atoms with Gasteiger partial charge in [-0.2, -0.15) is 0 Å². The van der Waals surface area contributed by atoms with Crippen LogP contribution in [0.3, 0.4) is 0 Å². The number of likely N-dealkylation sites (tertiary alicyclic amines) is 1. The van der Waals surface area contributed by atoms with E-state index in [0.29, 0.717) is 18.7 Å². The number of rotatable bonds is 7. The lowest BCUT2D eigenvalue weighted by molar-refractivity contribution is -0.147. The van der Waals surface area contributed by atoms with E-state index < -0.39 is 49.5 Å². The molecular weight excluding hydrogens is 452 g/mol. The van der Waals surface area contributed by atoms with Gasteiger partial charge in [0.25, 0.3) is 5.91 Å². The maximum atomic E-state index is 14.2. The Morgan fingerprint density at radius 3 is 2.18 bits per heavy atom. The number of aliphatic hydroxyl groups is 1. The zero-order valence-corrected chi connectivity index (χ0v) is 23.1. The number of hydrogen-bond donors (Lipinski definition) is 3. The Morgan fingerprint density at radius 2 is 1.76 bits per heavy atom. The minimum absolute atomic E-state index is 0.162. The van der Waals surface area contributed by atoms with Crippen LogP contribution in [0.25, 0.3) is 0 Å². The number of nitrogens with zero attached hydrogens (tertiary/aromatic N) is 3. The molecule has 192 valence electrons. The number of hydrogen-bond acceptors (Lipinski definition) is 6. The van der Waals surface area contributed by atoms with E-state index in [9.17, 15) is 19.8 Å². The molecule has 2 heterocycles. The molecule has 0 saturated carbocycles. The Balaban J connectivity index is 2.67. The van der Waals surface area contributed by atoms with Gasteiger partial charge in [0.1, 0.15) is 0 Å². The van der Waals surface area contributed by atoms with Gasteiger partial charge in [-0.15, -0.1) is 0 Å². The van der Waals surface area contributed by atoms with Crippen molar-refractivity contribution in [2.24, 2.45) is 11.3 Å². The molecule has 1 fully saturated rings. The van der Waals surface area contributed by atoms with Gasteiger partial charge in [-0.3, -0.25) is 9.69 Å². The molecule has 1 saturated heterocycles. The Labute approximate surface area is 204 Å². The zero-order valence-electron chi connectivity index (χ0n) is 22.1. The summed E-state index contributed by atoms with van der Waals surface area (Å²) in [7, 11) is -2.46. The first-order valence-electron chi connectivity index (χ1n) is 11.9. The van der Waals surface area contributed by atoms with Gasteiger partial charge in [-0.25, -0.2) is 14.8 Å². The van der Waals surface area contributed by atoms with Crippen LogP contribution < -0.4 is 5.32 Å². The molecule has 0 spiro atoms. The molecule has 0 bridgehead atoms. The van der Waals surface area contributed by atoms with Crippen LogP contribution in [0.1, 0.15) is 67.1 Å². The fourth-order valence-electron chi connectivity index (χ4n) is 4.68. The van der Waals surface area contributed by atoms with Gasteiger partial charge < -0.3 is 20.0 Å². The van der Waals surface area contributed by atoms with Crippen molar-refractivity contribution in [3.8, 4) is 0 Å². The summed E-state index contributed by atoms with van der Waals surface area (Å²) in [5.74, 6) is -0.695. The fraction of sp³-hybridized carbons (Fsp3) is 0.750. The second-order valence-corrected chi connectivity index (χ2v) is 16.5. The Morgan fingerprint density at radius 1 is 1.21 bits per heavy atom. The normalized spacial score (nSPS) is 23.5. The quantitative estimate of drug-likeness (QED) is 0.387. The van der Waals surface area contributed by atoms with E-state index in [1.54, 1.807) is 18.5 Å². The maximum absolute atomic E-state index is 14.2. The van der Waals surface area contributed by atoms with Crippen molar-refractivity contribution in [3.05, 3.63) is 24.3 Å². The Hall–Kier alpha value is -2.04. The van der Waals surface area contributed by atoms with E-state index in [0.717, 1.165) is 4.90 Å². The smallest absolute Gasteiger partial charge is 0.408 e. The van der Waals surface area contributed by atoms with Crippen LogP contribution in [0.5, 0.6) is 0 Å². The molecule has 1 aliphatic rings. The van der Waals surface area contributed by atoms with Gasteiger partial charge in [0.05, 0.1) is 6.61 Å². The molecule has 3 unspecified atom stereocenters. The molecule has 0 radical (unpaired) electrons. The standard InChI is InChI=1S/C24H42N4O5Si/c1-10-24(18-25-13-11-14-26-18,33-34(8,9)22(5,6)7)27-19(30)23(16-29)17(21(2,3)4)12-15-28(23)20(31)32/h11,13-14,17,29H,10,12,15-16H2,1-9H3,(H,27,30)(H,31,32). The second-order valence-electron chi connectivity index (χ2n) is 11.8. The van der Waals surface area contributed by atoms with Crippen molar-refractivity contribution in [2.75, 3.05) is 13.2 Å². The maximum Gasteiger partial charge on any atom is 0.408 e. The number of carbonyl (C=O) groups excluding carboxylic acids is 1. The molecule has 2 amide bonds. The highest BCUT2D eigenvalue weighted by molar-refractivity contribution is 6.74. The summed E-state index contributed by atoms with van der Waals surface area (Å²) in [5, 5.41) is 23.4. The molecule has 1 aromatic heterocycles. The molecule has 34 heavy (non-hydrogen) atoms. The van der Waals surface area contributed by atoms with Gasteiger partial charge in [0.2, 0.25) is 0 Å². The van der Waals surface area contributed by atoms with Crippen LogP contribution in [0.2, 0.25) is 18.1 Å². The molecule has 3 atom stereocenters. The van der Waals surface area contributed by atoms with Gasteiger partial charge >= 0.3 is 6.09 Å². The average Bonchev–Trinajstić information content (AvgIpc) is 3.14. The second kappa shape index (κ2) is 9.54. The largest absolute Gasteiger partial charge is 0.465 e. The topological polar surface area (TPSA) is 125 Å².